The Hall–Kier alpha value is -2.77. The molecule has 0 aromatic carbocycles. The minimum Gasteiger partial charge on any atom is -0.367 e. The van der Waals surface area contributed by atoms with Crippen molar-refractivity contribution < 1.29 is 0 Å². The summed E-state index contributed by atoms with van der Waals surface area (Å²) in [5.41, 5.74) is 5.52. The number of hydrogen-bond acceptors (Lipinski definition) is 6. The zero-order chi connectivity index (χ0) is 14.9. The van der Waals surface area contributed by atoms with Crippen molar-refractivity contribution in [2.24, 2.45) is 0 Å². The zero-order valence-corrected chi connectivity index (χ0v) is 12.0. The maximum Gasteiger partial charge on any atom is 0.239 e. The van der Waals surface area contributed by atoms with E-state index in [1.807, 2.05) is 22.9 Å². The second-order valence-corrected chi connectivity index (χ2v) is 5.40. The number of aromatic nitrogens is 7. The van der Waals surface area contributed by atoms with E-state index in [1.54, 1.807) is 6.20 Å². The molecule has 1 aliphatic rings. The minimum atomic E-state index is 0.264. The quantitative estimate of drug-likeness (QED) is 0.727. The summed E-state index contributed by atoms with van der Waals surface area (Å²) in [6.45, 7) is 0. The normalized spacial score (nSPS) is 14.4. The van der Waals surface area contributed by atoms with Gasteiger partial charge in [-0.25, -0.2) is 9.97 Å². The van der Waals surface area contributed by atoms with Crippen LogP contribution in [-0.2, 0) is 12.8 Å². The lowest BCUT2D eigenvalue weighted by molar-refractivity contribution is 0.734. The second-order valence-electron chi connectivity index (χ2n) is 5.40. The molecule has 0 radical (unpaired) electrons. The number of hydrogen-bond donors (Lipinski definition) is 2. The fraction of sp³-hybridized carbons (Fsp3) is 0.357. The molecule has 3 heterocycles. The molecule has 0 amide bonds. The lowest BCUT2D eigenvalue weighted by Gasteiger charge is -2.03. The van der Waals surface area contributed by atoms with Gasteiger partial charge >= 0.3 is 0 Å². The topological polar surface area (TPSA) is 111 Å². The molecule has 1 saturated carbocycles. The summed E-state index contributed by atoms with van der Waals surface area (Å²) in [5, 5.41) is 11.3. The highest BCUT2D eigenvalue weighted by molar-refractivity contribution is 5.23. The molecule has 0 spiro atoms. The van der Waals surface area contributed by atoms with E-state index >= 15 is 0 Å². The van der Waals surface area contributed by atoms with Crippen molar-refractivity contribution in [3.63, 3.8) is 0 Å². The monoisotopic (exact) mass is 296 g/mol. The minimum absolute atomic E-state index is 0.264. The standard InChI is InChI=1S/C14H16N8/c15-14-17-10(19-20-14)6-7-12-18-13(9-4-5-9)21-22(12)11-3-1-2-8-16-11/h1-3,8-9H,4-7H2,(H3,15,17,19,20). The Morgan fingerprint density at radius 2 is 2.14 bits per heavy atom. The van der Waals surface area contributed by atoms with Crippen LogP contribution in [0, 0.1) is 0 Å². The van der Waals surface area contributed by atoms with Gasteiger partial charge in [0.15, 0.2) is 11.6 Å². The number of aryl methyl sites for hydroxylation is 2. The molecule has 8 nitrogen and oxygen atoms in total. The third-order valence-corrected chi connectivity index (χ3v) is 3.63. The van der Waals surface area contributed by atoms with E-state index in [1.165, 1.54) is 12.8 Å². The van der Waals surface area contributed by atoms with E-state index in [0.29, 0.717) is 18.8 Å². The first kappa shape index (κ1) is 12.9. The van der Waals surface area contributed by atoms with Crippen LogP contribution in [0.15, 0.2) is 24.4 Å². The van der Waals surface area contributed by atoms with Gasteiger partial charge in [-0.15, -0.1) is 10.2 Å². The molecule has 1 fully saturated rings. The van der Waals surface area contributed by atoms with E-state index < -0.39 is 0 Å². The summed E-state index contributed by atoms with van der Waals surface area (Å²) in [6.07, 6.45) is 5.48. The summed E-state index contributed by atoms with van der Waals surface area (Å²) in [5.74, 6) is 4.10. The maximum atomic E-state index is 5.52. The number of aromatic amines is 1. The molecule has 8 heteroatoms. The highest BCUT2D eigenvalue weighted by Gasteiger charge is 2.29. The van der Waals surface area contributed by atoms with E-state index in [9.17, 15) is 0 Å². The van der Waals surface area contributed by atoms with Gasteiger partial charge in [-0.3, -0.25) is 5.10 Å². The molecule has 3 N–H and O–H groups in total. The predicted octanol–water partition coefficient (Wildman–Crippen LogP) is 1.03. The van der Waals surface area contributed by atoms with Gasteiger partial charge in [0.05, 0.1) is 0 Å². The van der Waals surface area contributed by atoms with E-state index in [-0.39, 0.29) is 5.95 Å². The Labute approximate surface area is 126 Å². The van der Waals surface area contributed by atoms with Gasteiger partial charge in [0.1, 0.15) is 11.6 Å². The summed E-state index contributed by atoms with van der Waals surface area (Å²) >= 11 is 0. The number of H-pyrrole nitrogens is 1. The largest absolute Gasteiger partial charge is 0.367 e. The molecule has 4 rings (SSSR count). The van der Waals surface area contributed by atoms with Crippen LogP contribution in [0.3, 0.4) is 0 Å². The van der Waals surface area contributed by atoms with Crippen LogP contribution in [0.1, 0.15) is 36.2 Å². The van der Waals surface area contributed by atoms with E-state index in [4.69, 9.17) is 5.73 Å². The van der Waals surface area contributed by atoms with Crippen molar-refractivity contribution in [3.8, 4) is 5.82 Å². The summed E-state index contributed by atoms with van der Waals surface area (Å²) in [6, 6.07) is 5.77. The van der Waals surface area contributed by atoms with Crippen LogP contribution in [0.2, 0.25) is 0 Å². The molecule has 112 valence electrons. The molecule has 0 bridgehead atoms. The molecule has 0 unspecified atom stereocenters. The number of nitrogens with zero attached hydrogens (tertiary/aromatic N) is 6. The van der Waals surface area contributed by atoms with Gasteiger partial charge in [0.2, 0.25) is 5.95 Å². The molecular weight excluding hydrogens is 280 g/mol. The van der Waals surface area contributed by atoms with Crippen molar-refractivity contribution in [1.82, 2.24) is 34.9 Å². The van der Waals surface area contributed by atoms with Crippen LogP contribution in [0.4, 0.5) is 5.95 Å². The third kappa shape index (κ3) is 2.54. The average molecular weight is 296 g/mol. The molecule has 3 aromatic rings. The fourth-order valence-corrected chi connectivity index (χ4v) is 2.35. The summed E-state index contributed by atoms with van der Waals surface area (Å²) < 4.78 is 1.83. The Bertz CT molecular complexity index is 771. The van der Waals surface area contributed by atoms with Crippen molar-refractivity contribution in [3.05, 3.63) is 41.9 Å². The average Bonchev–Trinajstić information content (AvgIpc) is 3.17. The van der Waals surface area contributed by atoms with Crippen LogP contribution in [0.25, 0.3) is 5.82 Å². The van der Waals surface area contributed by atoms with Crippen LogP contribution < -0.4 is 5.73 Å². The molecule has 0 saturated heterocycles. The molecular formula is C14H16N8. The van der Waals surface area contributed by atoms with Crippen molar-refractivity contribution >= 4 is 5.95 Å². The van der Waals surface area contributed by atoms with E-state index in [0.717, 1.165) is 23.3 Å². The van der Waals surface area contributed by atoms with E-state index in [2.05, 4.69) is 30.2 Å². The van der Waals surface area contributed by atoms with Gasteiger partial charge in [-0.1, -0.05) is 6.07 Å². The Kier molecular flexibility index (Phi) is 3.06. The van der Waals surface area contributed by atoms with Gasteiger partial charge in [0, 0.05) is 25.0 Å². The SMILES string of the molecule is Nc1n[nH]c(CCc2nc(C3CC3)nn2-c2ccccn2)n1. The number of rotatable bonds is 5. The number of nitrogens with two attached hydrogens (primary N) is 1. The third-order valence-electron chi connectivity index (χ3n) is 3.63. The first-order chi connectivity index (χ1) is 10.8. The summed E-state index contributed by atoms with van der Waals surface area (Å²) in [7, 11) is 0. The van der Waals surface area contributed by atoms with Gasteiger partial charge in [0.25, 0.3) is 0 Å². The van der Waals surface area contributed by atoms with Crippen molar-refractivity contribution in [2.45, 2.75) is 31.6 Å². The van der Waals surface area contributed by atoms with Crippen molar-refractivity contribution in [1.29, 1.82) is 0 Å². The Morgan fingerprint density at radius 1 is 1.23 bits per heavy atom. The maximum absolute atomic E-state index is 5.52. The molecule has 22 heavy (non-hydrogen) atoms. The zero-order valence-electron chi connectivity index (χ0n) is 12.0. The number of nitrogen functional groups attached to an aromatic ring is 1. The smallest absolute Gasteiger partial charge is 0.239 e. The predicted molar refractivity (Wildman–Crippen MR) is 79.3 cm³/mol. The van der Waals surface area contributed by atoms with Gasteiger partial charge in [-0.2, -0.15) is 9.67 Å². The summed E-state index contributed by atoms with van der Waals surface area (Å²) in [4.78, 5) is 13.2. The first-order valence-electron chi connectivity index (χ1n) is 7.33. The number of nitrogens with one attached hydrogen (secondary N) is 1. The lowest BCUT2D eigenvalue weighted by atomic mass is 10.3. The molecule has 1 aliphatic carbocycles. The first-order valence-corrected chi connectivity index (χ1v) is 7.33. The molecule has 0 atom stereocenters. The highest BCUT2D eigenvalue weighted by Crippen LogP contribution is 2.38. The van der Waals surface area contributed by atoms with Crippen molar-refractivity contribution in [2.75, 3.05) is 5.73 Å². The van der Waals surface area contributed by atoms with Gasteiger partial charge in [-0.05, 0) is 25.0 Å². The van der Waals surface area contributed by atoms with Crippen LogP contribution >= 0.6 is 0 Å². The Morgan fingerprint density at radius 3 is 2.82 bits per heavy atom. The highest BCUT2D eigenvalue weighted by atomic mass is 15.4. The van der Waals surface area contributed by atoms with Gasteiger partial charge < -0.3 is 5.73 Å². The molecule has 3 aromatic heterocycles. The number of pyridine rings is 1. The molecule has 0 aliphatic heterocycles. The lowest BCUT2D eigenvalue weighted by Crippen LogP contribution is -2.06. The fourth-order valence-electron chi connectivity index (χ4n) is 2.35. The second kappa shape index (κ2) is 5.21. The van der Waals surface area contributed by atoms with Crippen LogP contribution in [-0.4, -0.2) is 34.9 Å². The Balaban J connectivity index is 1.62. The van der Waals surface area contributed by atoms with Crippen LogP contribution in [0.5, 0.6) is 0 Å². The number of anilines is 1.